The van der Waals surface area contributed by atoms with E-state index in [-0.39, 0.29) is 11.5 Å². The number of carbonyl (C=O) groups is 1. The molecular formula is C29H21Cl2N3O2. The Morgan fingerprint density at radius 2 is 1.47 bits per heavy atom. The van der Waals surface area contributed by atoms with Crippen molar-refractivity contribution in [2.75, 3.05) is 5.32 Å². The number of hydrogen-bond donors (Lipinski definition) is 1. The Kier molecular flexibility index (Phi) is 6.85. The molecule has 1 amide bonds. The predicted molar refractivity (Wildman–Crippen MR) is 145 cm³/mol. The molecule has 0 bridgehead atoms. The summed E-state index contributed by atoms with van der Waals surface area (Å²) in [6.45, 7) is 0.350. The maximum Gasteiger partial charge on any atom is 0.261 e. The van der Waals surface area contributed by atoms with E-state index in [0.717, 1.165) is 11.1 Å². The number of rotatable bonds is 6. The van der Waals surface area contributed by atoms with Crippen LogP contribution in [-0.2, 0) is 13.0 Å². The fraction of sp³-hybridized carbons (Fsp3) is 0.0690. The van der Waals surface area contributed by atoms with E-state index in [1.165, 1.54) is 0 Å². The zero-order valence-corrected chi connectivity index (χ0v) is 20.6. The van der Waals surface area contributed by atoms with Gasteiger partial charge in [-0.1, -0.05) is 65.7 Å². The third-order valence-corrected chi connectivity index (χ3v) is 6.36. The van der Waals surface area contributed by atoms with Gasteiger partial charge in [0.15, 0.2) is 0 Å². The van der Waals surface area contributed by atoms with Crippen LogP contribution >= 0.6 is 23.2 Å². The third kappa shape index (κ3) is 5.33. The topological polar surface area (TPSA) is 64.0 Å². The van der Waals surface area contributed by atoms with Crippen LogP contribution in [0.1, 0.15) is 27.3 Å². The monoisotopic (exact) mass is 513 g/mol. The van der Waals surface area contributed by atoms with Crippen molar-refractivity contribution in [2.24, 2.45) is 0 Å². The van der Waals surface area contributed by atoms with Crippen molar-refractivity contribution in [1.82, 2.24) is 9.55 Å². The molecule has 0 spiro atoms. The van der Waals surface area contributed by atoms with Gasteiger partial charge in [-0.25, -0.2) is 4.98 Å². The lowest BCUT2D eigenvalue weighted by Gasteiger charge is -2.15. The second kappa shape index (κ2) is 10.4. The first kappa shape index (κ1) is 23.8. The molecule has 0 saturated carbocycles. The Morgan fingerprint density at radius 3 is 2.17 bits per heavy atom. The summed E-state index contributed by atoms with van der Waals surface area (Å²) in [6.07, 6.45) is 0.509. The second-order valence-corrected chi connectivity index (χ2v) is 9.27. The van der Waals surface area contributed by atoms with E-state index in [2.05, 4.69) is 5.32 Å². The second-order valence-electron chi connectivity index (χ2n) is 8.40. The molecular weight excluding hydrogens is 493 g/mol. The Bertz CT molecular complexity index is 1600. The van der Waals surface area contributed by atoms with Crippen molar-refractivity contribution in [3.63, 3.8) is 0 Å². The zero-order chi connectivity index (χ0) is 25.1. The van der Waals surface area contributed by atoms with Crippen LogP contribution in [0.4, 0.5) is 5.69 Å². The van der Waals surface area contributed by atoms with E-state index in [0.29, 0.717) is 51.0 Å². The fourth-order valence-electron chi connectivity index (χ4n) is 4.00. The Balaban J connectivity index is 1.54. The molecule has 0 aliphatic heterocycles. The molecule has 0 fully saturated rings. The summed E-state index contributed by atoms with van der Waals surface area (Å²) in [6, 6.07) is 29.1. The lowest BCUT2D eigenvalue weighted by molar-refractivity contribution is 0.102. The number of benzene rings is 4. The largest absolute Gasteiger partial charge is 0.322 e. The molecule has 0 saturated heterocycles. The Morgan fingerprint density at radius 1 is 0.806 bits per heavy atom. The van der Waals surface area contributed by atoms with Gasteiger partial charge in [0, 0.05) is 27.7 Å². The third-order valence-electron chi connectivity index (χ3n) is 5.86. The van der Waals surface area contributed by atoms with Gasteiger partial charge in [0.1, 0.15) is 5.82 Å². The van der Waals surface area contributed by atoms with Crippen LogP contribution in [-0.4, -0.2) is 15.5 Å². The molecule has 7 heteroatoms. The number of hydrogen-bond acceptors (Lipinski definition) is 3. The lowest BCUT2D eigenvalue weighted by atomic mass is 10.1. The van der Waals surface area contributed by atoms with Crippen molar-refractivity contribution in [1.29, 1.82) is 0 Å². The van der Waals surface area contributed by atoms with Crippen molar-refractivity contribution in [2.45, 2.75) is 13.0 Å². The van der Waals surface area contributed by atoms with Crippen LogP contribution in [0.3, 0.4) is 0 Å². The smallest absolute Gasteiger partial charge is 0.261 e. The van der Waals surface area contributed by atoms with Crippen LogP contribution in [0, 0.1) is 0 Å². The highest BCUT2D eigenvalue weighted by molar-refractivity contribution is 6.31. The Labute approximate surface area is 218 Å². The molecule has 0 aliphatic carbocycles. The zero-order valence-electron chi connectivity index (χ0n) is 19.1. The number of aromatic nitrogens is 2. The lowest BCUT2D eigenvalue weighted by Crippen LogP contribution is -2.26. The number of carbonyl (C=O) groups excluding carboxylic acids is 1. The molecule has 0 atom stereocenters. The van der Waals surface area contributed by atoms with Crippen LogP contribution in [0.2, 0.25) is 10.0 Å². The number of anilines is 1. The maximum absolute atomic E-state index is 13.7. The first-order chi connectivity index (χ1) is 17.5. The van der Waals surface area contributed by atoms with Crippen LogP contribution < -0.4 is 10.9 Å². The molecule has 1 aromatic heterocycles. The molecule has 5 rings (SSSR count). The van der Waals surface area contributed by atoms with Gasteiger partial charge in [-0.2, -0.15) is 0 Å². The highest BCUT2D eigenvalue weighted by Crippen LogP contribution is 2.19. The minimum absolute atomic E-state index is 0.177. The van der Waals surface area contributed by atoms with E-state index in [4.69, 9.17) is 28.2 Å². The standard InChI is InChI=1S/C29H21Cl2N3O2/c30-22-10-6-20(7-11-22)18-34-27(16-19-4-2-1-3-5-19)33-26-15-14-24(17-25(26)29(34)36)32-28(35)21-8-12-23(31)13-9-21/h1-15,17H,16,18H2,(H,32,35). The number of nitrogens with zero attached hydrogens (tertiary/aromatic N) is 2. The molecule has 0 radical (unpaired) electrons. The first-order valence-electron chi connectivity index (χ1n) is 11.3. The van der Waals surface area contributed by atoms with Crippen molar-refractivity contribution < 1.29 is 4.79 Å². The van der Waals surface area contributed by atoms with E-state index in [1.807, 2.05) is 42.5 Å². The van der Waals surface area contributed by atoms with Gasteiger partial charge in [-0.05, 0) is 65.7 Å². The minimum atomic E-state index is -0.291. The van der Waals surface area contributed by atoms with Gasteiger partial charge in [0.25, 0.3) is 11.5 Å². The molecule has 0 unspecified atom stereocenters. The molecule has 1 heterocycles. The van der Waals surface area contributed by atoms with Gasteiger partial charge >= 0.3 is 0 Å². The summed E-state index contributed by atoms with van der Waals surface area (Å²) in [7, 11) is 0. The molecule has 5 aromatic rings. The van der Waals surface area contributed by atoms with Crippen molar-refractivity contribution >= 4 is 45.7 Å². The molecule has 4 aromatic carbocycles. The highest BCUT2D eigenvalue weighted by Gasteiger charge is 2.14. The first-order valence-corrected chi connectivity index (χ1v) is 12.1. The van der Waals surface area contributed by atoms with E-state index < -0.39 is 0 Å². The SMILES string of the molecule is O=C(Nc1ccc2nc(Cc3ccccc3)n(Cc3ccc(Cl)cc3)c(=O)c2c1)c1ccc(Cl)cc1. The quantitative estimate of drug-likeness (QED) is 0.278. The number of halogens is 2. The molecule has 5 nitrogen and oxygen atoms in total. The van der Waals surface area contributed by atoms with E-state index >= 15 is 0 Å². The van der Waals surface area contributed by atoms with Crippen LogP contribution in [0.5, 0.6) is 0 Å². The van der Waals surface area contributed by atoms with Crippen molar-refractivity contribution in [3.8, 4) is 0 Å². The van der Waals surface area contributed by atoms with Gasteiger partial charge in [0.05, 0.1) is 17.4 Å². The molecule has 178 valence electrons. The fourth-order valence-corrected chi connectivity index (χ4v) is 4.25. The van der Waals surface area contributed by atoms with E-state index in [9.17, 15) is 9.59 Å². The van der Waals surface area contributed by atoms with Gasteiger partial charge in [-0.3, -0.25) is 14.2 Å². The summed E-state index contributed by atoms with van der Waals surface area (Å²) in [4.78, 5) is 31.2. The minimum Gasteiger partial charge on any atom is -0.322 e. The number of fused-ring (bicyclic) bond motifs is 1. The average molecular weight is 514 g/mol. The van der Waals surface area contributed by atoms with Gasteiger partial charge in [0.2, 0.25) is 0 Å². The number of nitrogens with one attached hydrogen (secondary N) is 1. The molecule has 36 heavy (non-hydrogen) atoms. The molecule has 0 aliphatic rings. The predicted octanol–water partition coefficient (Wildman–Crippen LogP) is 6.59. The number of amides is 1. The normalized spacial score (nSPS) is 10.9. The Hall–Kier alpha value is -3.93. The van der Waals surface area contributed by atoms with Crippen LogP contribution in [0.15, 0.2) is 102 Å². The summed E-state index contributed by atoms with van der Waals surface area (Å²) >= 11 is 12.0. The highest BCUT2D eigenvalue weighted by atomic mass is 35.5. The van der Waals surface area contributed by atoms with E-state index in [1.54, 1.807) is 59.2 Å². The summed E-state index contributed by atoms with van der Waals surface area (Å²) < 4.78 is 1.68. The van der Waals surface area contributed by atoms with Gasteiger partial charge in [-0.15, -0.1) is 0 Å². The van der Waals surface area contributed by atoms with Crippen molar-refractivity contribution in [3.05, 3.63) is 140 Å². The summed E-state index contributed by atoms with van der Waals surface area (Å²) in [5.41, 5.74) is 3.36. The average Bonchev–Trinajstić information content (AvgIpc) is 2.89. The summed E-state index contributed by atoms with van der Waals surface area (Å²) in [5.74, 6) is 0.368. The summed E-state index contributed by atoms with van der Waals surface area (Å²) in [5, 5.41) is 4.46. The van der Waals surface area contributed by atoms with Crippen LogP contribution in [0.25, 0.3) is 10.9 Å². The van der Waals surface area contributed by atoms with Gasteiger partial charge < -0.3 is 5.32 Å². The maximum atomic E-state index is 13.7. The molecule has 1 N–H and O–H groups in total.